The van der Waals surface area contributed by atoms with Crippen LogP contribution in [0, 0.1) is 0 Å². The molecule has 3 rings (SSSR count). The topological polar surface area (TPSA) is 82.8 Å². The number of nitrogens with zero attached hydrogens (tertiary/aromatic N) is 4. The summed E-state index contributed by atoms with van der Waals surface area (Å²) in [4.78, 5) is 4.37. The van der Waals surface area contributed by atoms with Gasteiger partial charge in [0.2, 0.25) is 17.6 Å². The molecule has 9 heteroatoms. The quantitative estimate of drug-likeness (QED) is 0.871. The van der Waals surface area contributed by atoms with E-state index in [9.17, 15) is 8.78 Å². The van der Waals surface area contributed by atoms with E-state index in [2.05, 4.69) is 15.2 Å². The lowest BCUT2D eigenvalue weighted by molar-refractivity contribution is -0.0402. The van der Waals surface area contributed by atoms with Crippen LogP contribution in [-0.2, 0) is 7.05 Å². The van der Waals surface area contributed by atoms with Gasteiger partial charge in [-0.15, -0.1) is 11.8 Å². The second-order valence-corrected chi connectivity index (χ2v) is 6.27. The van der Waals surface area contributed by atoms with Crippen molar-refractivity contribution in [2.75, 3.05) is 12.0 Å². The van der Waals surface area contributed by atoms with Gasteiger partial charge in [-0.1, -0.05) is 5.16 Å². The molecule has 0 amide bonds. The molecule has 6 nitrogen and oxygen atoms in total. The maximum atomic E-state index is 13.2. The molecule has 2 heterocycles. The van der Waals surface area contributed by atoms with Crippen LogP contribution in [0.5, 0.6) is 0 Å². The van der Waals surface area contributed by atoms with Gasteiger partial charge in [0.1, 0.15) is 10.8 Å². The van der Waals surface area contributed by atoms with Crippen molar-refractivity contribution in [2.45, 2.75) is 42.5 Å². The summed E-state index contributed by atoms with van der Waals surface area (Å²) in [5.41, 5.74) is 6.63. The molecule has 1 saturated carbocycles. The third-order valence-electron chi connectivity index (χ3n) is 3.98. The highest BCUT2D eigenvalue weighted by Gasteiger charge is 2.37. The first kappa shape index (κ1) is 15.3. The Labute approximate surface area is 130 Å². The molecule has 0 bridgehead atoms. The van der Waals surface area contributed by atoms with Crippen LogP contribution in [-0.4, -0.2) is 32.1 Å². The second-order valence-electron chi connectivity index (χ2n) is 5.48. The number of hydrogen-bond acceptors (Lipinski definition) is 6. The van der Waals surface area contributed by atoms with E-state index >= 15 is 0 Å². The van der Waals surface area contributed by atoms with Crippen LogP contribution < -0.4 is 5.73 Å². The molecule has 120 valence electrons. The largest absolute Gasteiger partial charge is 0.383 e. The van der Waals surface area contributed by atoms with Crippen LogP contribution in [0.25, 0.3) is 11.4 Å². The summed E-state index contributed by atoms with van der Waals surface area (Å²) < 4.78 is 33.3. The lowest BCUT2D eigenvalue weighted by atomic mass is 9.87. The van der Waals surface area contributed by atoms with Gasteiger partial charge in [-0.05, 0) is 19.1 Å². The standard InChI is InChI=1S/C13H17F2N5OS/c1-20-9(16)8(12(18-20)22-2)10-17-11(21-19-10)7-3-5-13(14,15)6-4-7/h7H,3-6,16H2,1-2H3. The average Bonchev–Trinajstić information content (AvgIpc) is 3.05. The average molecular weight is 329 g/mol. The summed E-state index contributed by atoms with van der Waals surface area (Å²) in [5.74, 6) is -1.47. The maximum absolute atomic E-state index is 13.2. The van der Waals surface area contributed by atoms with Crippen molar-refractivity contribution in [3.05, 3.63) is 5.89 Å². The molecular formula is C13H17F2N5OS. The van der Waals surface area contributed by atoms with Crippen LogP contribution in [0.4, 0.5) is 14.6 Å². The number of hydrogen-bond donors (Lipinski definition) is 1. The van der Waals surface area contributed by atoms with Gasteiger partial charge in [0.05, 0.1) is 5.56 Å². The summed E-state index contributed by atoms with van der Waals surface area (Å²) in [6.07, 6.45) is 2.31. The predicted octanol–water partition coefficient (Wildman–Crippen LogP) is 3.07. The highest BCUT2D eigenvalue weighted by molar-refractivity contribution is 7.98. The number of aromatic nitrogens is 4. The number of nitrogens with two attached hydrogens (primary N) is 1. The number of thioether (sulfide) groups is 1. The fourth-order valence-electron chi connectivity index (χ4n) is 2.65. The fraction of sp³-hybridized carbons (Fsp3) is 0.615. The van der Waals surface area contributed by atoms with Crippen molar-refractivity contribution in [1.82, 2.24) is 19.9 Å². The molecule has 2 aromatic rings. The van der Waals surface area contributed by atoms with E-state index in [-0.39, 0.29) is 18.8 Å². The van der Waals surface area contributed by atoms with Gasteiger partial charge in [0.25, 0.3) is 0 Å². The van der Waals surface area contributed by atoms with Gasteiger partial charge in [0.15, 0.2) is 0 Å². The molecule has 2 N–H and O–H groups in total. The van der Waals surface area contributed by atoms with Crippen molar-refractivity contribution in [1.29, 1.82) is 0 Å². The van der Waals surface area contributed by atoms with E-state index in [1.54, 1.807) is 11.7 Å². The Bertz CT molecular complexity index is 674. The van der Waals surface area contributed by atoms with Crippen molar-refractivity contribution >= 4 is 17.6 Å². The Hall–Kier alpha value is -1.64. The number of aryl methyl sites for hydroxylation is 1. The van der Waals surface area contributed by atoms with Gasteiger partial charge in [0, 0.05) is 25.8 Å². The number of anilines is 1. The highest BCUT2D eigenvalue weighted by Crippen LogP contribution is 2.41. The van der Waals surface area contributed by atoms with Crippen molar-refractivity contribution in [2.24, 2.45) is 7.05 Å². The SMILES string of the molecule is CSc1nn(C)c(N)c1-c1noc(C2CCC(F)(F)CC2)n1. The van der Waals surface area contributed by atoms with Crippen LogP contribution >= 0.6 is 11.8 Å². The summed E-state index contributed by atoms with van der Waals surface area (Å²) in [6, 6.07) is 0. The Kier molecular flexibility index (Phi) is 3.84. The zero-order valence-corrected chi connectivity index (χ0v) is 13.2. The van der Waals surface area contributed by atoms with E-state index in [0.29, 0.717) is 41.0 Å². The van der Waals surface area contributed by atoms with E-state index in [1.807, 2.05) is 6.26 Å². The summed E-state index contributed by atoms with van der Waals surface area (Å²) in [7, 11) is 1.74. The van der Waals surface area contributed by atoms with E-state index < -0.39 is 5.92 Å². The van der Waals surface area contributed by atoms with E-state index in [1.165, 1.54) is 11.8 Å². The molecule has 2 aromatic heterocycles. The maximum Gasteiger partial charge on any atom is 0.248 e. The van der Waals surface area contributed by atoms with Crippen molar-refractivity contribution in [3.63, 3.8) is 0 Å². The molecule has 0 spiro atoms. The third-order valence-corrected chi connectivity index (χ3v) is 4.66. The monoisotopic (exact) mass is 329 g/mol. The molecule has 0 aliphatic heterocycles. The Morgan fingerprint density at radius 3 is 2.68 bits per heavy atom. The number of halogens is 2. The number of rotatable bonds is 3. The molecule has 1 aliphatic carbocycles. The first-order chi connectivity index (χ1) is 10.4. The minimum absolute atomic E-state index is 0.114. The van der Waals surface area contributed by atoms with E-state index in [4.69, 9.17) is 10.3 Å². The van der Waals surface area contributed by atoms with Crippen LogP contribution in [0.3, 0.4) is 0 Å². The molecule has 0 unspecified atom stereocenters. The summed E-state index contributed by atoms with van der Waals surface area (Å²) >= 11 is 1.44. The van der Waals surface area contributed by atoms with Crippen molar-refractivity contribution < 1.29 is 13.3 Å². The minimum atomic E-state index is -2.57. The molecule has 1 aliphatic rings. The van der Waals surface area contributed by atoms with E-state index in [0.717, 1.165) is 0 Å². The van der Waals surface area contributed by atoms with Gasteiger partial charge in [-0.2, -0.15) is 10.1 Å². The summed E-state index contributed by atoms with van der Waals surface area (Å²) in [6.45, 7) is 0. The Morgan fingerprint density at radius 1 is 1.36 bits per heavy atom. The van der Waals surface area contributed by atoms with Gasteiger partial charge < -0.3 is 10.3 Å². The van der Waals surface area contributed by atoms with Crippen LogP contribution in [0.2, 0.25) is 0 Å². The molecular weight excluding hydrogens is 312 g/mol. The van der Waals surface area contributed by atoms with Crippen molar-refractivity contribution in [3.8, 4) is 11.4 Å². The molecule has 0 aromatic carbocycles. The van der Waals surface area contributed by atoms with Crippen LogP contribution in [0.1, 0.15) is 37.5 Å². The highest BCUT2D eigenvalue weighted by atomic mass is 32.2. The molecule has 0 saturated heterocycles. The Balaban J connectivity index is 1.86. The van der Waals surface area contributed by atoms with Gasteiger partial charge in [-0.25, -0.2) is 8.78 Å². The summed E-state index contributed by atoms with van der Waals surface area (Å²) in [5, 5.41) is 8.95. The van der Waals surface area contributed by atoms with Crippen LogP contribution in [0.15, 0.2) is 9.55 Å². The molecule has 0 radical (unpaired) electrons. The zero-order chi connectivity index (χ0) is 15.9. The molecule has 0 atom stereocenters. The Morgan fingerprint density at radius 2 is 2.05 bits per heavy atom. The predicted molar refractivity (Wildman–Crippen MR) is 78.8 cm³/mol. The lowest BCUT2D eigenvalue weighted by Gasteiger charge is -2.25. The lowest BCUT2D eigenvalue weighted by Crippen LogP contribution is -2.23. The molecule has 22 heavy (non-hydrogen) atoms. The third kappa shape index (κ3) is 2.69. The normalized spacial score (nSPS) is 18.7. The first-order valence-corrected chi connectivity index (χ1v) is 8.22. The fourth-order valence-corrected chi connectivity index (χ4v) is 3.26. The van der Waals surface area contributed by atoms with Gasteiger partial charge in [-0.3, -0.25) is 4.68 Å². The first-order valence-electron chi connectivity index (χ1n) is 6.99. The van der Waals surface area contributed by atoms with Gasteiger partial charge >= 0.3 is 0 Å². The minimum Gasteiger partial charge on any atom is -0.383 e. The smallest absolute Gasteiger partial charge is 0.248 e. The molecule has 1 fully saturated rings. The number of nitrogen functional groups attached to an aromatic ring is 1. The number of alkyl halides is 2. The second kappa shape index (κ2) is 5.53. The zero-order valence-electron chi connectivity index (χ0n) is 12.3.